The number of hydrogen-bond acceptors (Lipinski definition) is 2. The van der Waals surface area contributed by atoms with Gasteiger partial charge in [-0.2, -0.15) is 0 Å². The fourth-order valence-corrected chi connectivity index (χ4v) is 2.41. The van der Waals surface area contributed by atoms with Gasteiger partial charge in [0, 0.05) is 12.2 Å². The van der Waals surface area contributed by atoms with Crippen molar-refractivity contribution in [3.63, 3.8) is 0 Å². The predicted molar refractivity (Wildman–Crippen MR) is 66.5 cm³/mol. The Hall–Kier alpha value is -1.77. The SMILES string of the molecule is CC1=C(C(=O)O)CCN1[C@@H](C)c1ccccc1. The molecule has 1 N–H and O–H groups in total. The summed E-state index contributed by atoms with van der Waals surface area (Å²) < 4.78 is 0. The number of nitrogens with zero attached hydrogens (tertiary/aromatic N) is 1. The van der Waals surface area contributed by atoms with E-state index in [-0.39, 0.29) is 6.04 Å². The second-order valence-electron chi connectivity index (χ2n) is 4.40. The minimum Gasteiger partial charge on any atom is -0.478 e. The topological polar surface area (TPSA) is 40.5 Å². The zero-order valence-corrected chi connectivity index (χ0v) is 10.2. The van der Waals surface area contributed by atoms with E-state index in [0.29, 0.717) is 12.0 Å². The van der Waals surface area contributed by atoms with E-state index in [1.807, 2.05) is 25.1 Å². The number of carbonyl (C=O) groups is 1. The highest BCUT2D eigenvalue weighted by Gasteiger charge is 2.27. The van der Waals surface area contributed by atoms with Crippen molar-refractivity contribution < 1.29 is 9.90 Å². The van der Waals surface area contributed by atoms with Crippen LogP contribution in [0.5, 0.6) is 0 Å². The lowest BCUT2D eigenvalue weighted by atomic mass is 10.1. The van der Waals surface area contributed by atoms with Crippen LogP contribution in [0.2, 0.25) is 0 Å². The van der Waals surface area contributed by atoms with Crippen molar-refractivity contribution in [1.82, 2.24) is 4.90 Å². The van der Waals surface area contributed by atoms with Crippen LogP contribution < -0.4 is 0 Å². The van der Waals surface area contributed by atoms with Gasteiger partial charge < -0.3 is 10.0 Å². The molecule has 3 heteroatoms. The summed E-state index contributed by atoms with van der Waals surface area (Å²) >= 11 is 0. The Kier molecular flexibility index (Phi) is 3.18. The highest BCUT2D eigenvalue weighted by Crippen LogP contribution is 2.31. The summed E-state index contributed by atoms with van der Waals surface area (Å²) in [5.41, 5.74) is 2.67. The van der Waals surface area contributed by atoms with E-state index in [1.165, 1.54) is 5.56 Å². The number of carboxylic acid groups (broad SMARTS) is 1. The molecule has 3 nitrogen and oxygen atoms in total. The Morgan fingerprint density at radius 2 is 2.00 bits per heavy atom. The maximum absolute atomic E-state index is 11.0. The van der Waals surface area contributed by atoms with E-state index in [9.17, 15) is 4.79 Å². The van der Waals surface area contributed by atoms with Crippen molar-refractivity contribution >= 4 is 5.97 Å². The molecule has 0 amide bonds. The Morgan fingerprint density at radius 3 is 2.53 bits per heavy atom. The van der Waals surface area contributed by atoms with Gasteiger partial charge in [-0.1, -0.05) is 30.3 Å². The van der Waals surface area contributed by atoms with Gasteiger partial charge >= 0.3 is 5.97 Å². The van der Waals surface area contributed by atoms with Crippen LogP contribution in [0.25, 0.3) is 0 Å². The summed E-state index contributed by atoms with van der Waals surface area (Å²) in [7, 11) is 0. The van der Waals surface area contributed by atoms with Crippen molar-refractivity contribution in [3.05, 3.63) is 47.2 Å². The van der Waals surface area contributed by atoms with Gasteiger partial charge in [0.1, 0.15) is 0 Å². The first-order valence-electron chi connectivity index (χ1n) is 5.86. The molecule has 0 aromatic heterocycles. The average molecular weight is 231 g/mol. The lowest BCUT2D eigenvalue weighted by Crippen LogP contribution is -2.22. The Labute approximate surface area is 101 Å². The molecule has 1 aromatic rings. The van der Waals surface area contributed by atoms with Gasteiger partial charge in [0.25, 0.3) is 0 Å². The van der Waals surface area contributed by atoms with E-state index in [0.717, 1.165) is 12.2 Å². The minimum absolute atomic E-state index is 0.230. The first-order valence-corrected chi connectivity index (χ1v) is 5.86. The summed E-state index contributed by atoms with van der Waals surface area (Å²) in [6, 6.07) is 10.4. The van der Waals surface area contributed by atoms with Crippen LogP contribution in [0.3, 0.4) is 0 Å². The predicted octanol–water partition coefficient (Wildman–Crippen LogP) is 2.81. The number of allylic oxidation sites excluding steroid dienone is 1. The van der Waals surface area contributed by atoms with Crippen molar-refractivity contribution in [1.29, 1.82) is 0 Å². The van der Waals surface area contributed by atoms with Gasteiger partial charge in [-0.15, -0.1) is 0 Å². The standard InChI is InChI=1S/C14H17NO2/c1-10(12-6-4-3-5-7-12)15-9-8-13(11(15)2)14(16)17/h3-7,10H,8-9H2,1-2H3,(H,16,17)/t10-/m0/s1. The molecule has 0 aliphatic carbocycles. The van der Waals surface area contributed by atoms with E-state index in [2.05, 4.69) is 24.0 Å². The van der Waals surface area contributed by atoms with Crippen LogP contribution in [-0.2, 0) is 4.79 Å². The fourth-order valence-electron chi connectivity index (χ4n) is 2.41. The molecule has 0 fully saturated rings. The molecule has 1 aliphatic heterocycles. The van der Waals surface area contributed by atoms with Gasteiger partial charge in [0.05, 0.1) is 11.6 Å². The zero-order valence-electron chi connectivity index (χ0n) is 10.2. The molecular weight excluding hydrogens is 214 g/mol. The second kappa shape index (κ2) is 4.62. The molecule has 0 bridgehead atoms. The number of aliphatic carboxylic acids is 1. The lowest BCUT2D eigenvalue weighted by Gasteiger charge is -2.28. The van der Waals surface area contributed by atoms with Gasteiger partial charge in [-0.05, 0) is 25.8 Å². The molecule has 0 saturated heterocycles. The van der Waals surface area contributed by atoms with E-state index < -0.39 is 5.97 Å². The van der Waals surface area contributed by atoms with E-state index >= 15 is 0 Å². The fraction of sp³-hybridized carbons (Fsp3) is 0.357. The maximum Gasteiger partial charge on any atom is 0.333 e. The first kappa shape index (κ1) is 11.7. The molecule has 1 heterocycles. The van der Waals surface area contributed by atoms with Crippen molar-refractivity contribution in [2.75, 3.05) is 6.54 Å². The van der Waals surface area contributed by atoms with Crippen LogP contribution in [0.4, 0.5) is 0 Å². The third kappa shape index (κ3) is 2.18. The summed E-state index contributed by atoms with van der Waals surface area (Å²) in [4.78, 5) is 13.2. The zero-order chi connectivity index (χ0) is 12.4. The maximum atomic E-state index is 11.0. The Balaban J connectivity index is 2.23. The Morgan fingerprint density at radius 1 is 1.35 bits per heavy atom. The van der Waals surface area contributed by atoms with Gasteiger partial charge in [-0.25, -0.2) is 4.79 Å². The third-order valence-electron chi connectivity index (χ3n) is 3.48. The molecule has 1 aromatic carbocycles. The number of rotatable bonds is 3. The number of hydrogen-bond donors (Lipinski definition) is 1. The third-order valence-corrected chi connectivity index (χ3v) is 3.48. The lowest BCUT2D eigenvalue weighted by molar-refractivity contribution is -0.132. The molecule has 1 aliphatic rings. The first-order chi connectivity index (χ1) is 8.11. The van der Waals surface area contributed by atoms with Gasteiger partial charge in [0.15, 0.2) is 0 Å². The van der Waals surface area contributed by atoms with Crippen LogP contribution in [-0.4, -0.2) is 22.5 Å². The quantitative estimate of drug-likeness (QED) is 0.869. The van der Waals surface area contributed by atoms with Crippen LogP contribution in [0.1, 0.15) is 31.9 Å². The summed E-state index contributed by atoms with van der Waals surface area (Å²) in [5.74, 6) is -0.787. The molecule has 17 heavy (non-hydrogen) atoms. The van der Waals surface area contributed by atoms with Gasteiger partial charge in [0.2, 0.25) is 0 Å². The van der Waals surface area contributed by atoms with E-state index in [1.54, 1.807) is 0 Å². The highest BCUT2D eigenvalue weighted by molar-refractivity contribution is 5.87. The molecule has 90 valence electrons. The molecule has 0 radical (unpaired) electrons. The minimum atomic E-state index is -0.787. The smallest absolute Gasteiger partial charge is 0.333 e. The van der Waals surface area contributed by atoms with Crippen LogP contribution >= 0.6 is 0 Å². The number of benzene rings is 1. The molecule has 2 rings (SSSR count). The monoisotopic (exact) mass is 231 g/mol. The number of carboxylic acids is 1. The molecule has 0 saturated carbocycles. The molecule has 1 atom stereocenters. The highest BCUT2D eigenvalue weighted by atomic mass is 16.4. The normalized spacial score (nSPS) is 17.4. The largest absolute Gasteiger partial charge is 0.478 e. The van der Waals surface area contributed by atoms with Crippen molar-refractivity contribution in [3.8, 4) is 0 Å². The van der Waals surface area contributed by atoms with Crippen LogP contribution in [0, 0.1) is 0 Å². The summed E-state index contributed by atoms with van der Waals surface area (Å²) in [6.07, 6.45) is 0.637. The molecule has 0 spiro atoms. The van der Waals surface area contributed by atoms with Gasteiger partial charge in [-0.3, -0.25) is 0 Å². The van der Waals surface area contributed by atoms with Crippen molar-refractivity contribution in [2.45, 2.75) is 26.3 Å². The van der Waals surface area contributed by atoms with E-state index in [4.69, 9.17) is 5.11 Å². The summed E-state index contributed by atoms with van der Waals surface area (Å²) in [5, 5.41) is 9.07. The Bertz CT molecular complexity index is 451. The van der Waals surface area contributed by atoms with Crippen molar-refractivity contribution in [2.24, 2.45) is 0 Å². The van der Waals surface area contributed by atoms with Crippen LogP contribution in [0.15, 0.2) is 41.6 Å². The average Bonchev–Trinajstić information content (AvgIpc) is 2.71. The molecule has 0 unspecified atom stereocenters. The summed E-state index contributed by atoms with van der Waals surface area (Å²) in [6.45, 7) is 4.81. The molecular formula is C14H17NO2. The second-order valence-corrected chi connectivity index (χ2v) is 4.40.